The Bertz CT molecular complexity index is 953. The van der Waals surface area contributed by atoms with Crippen LogP contribution in [0.3, 0.4) is 0 Å². The fourth-order valence-corrected chi connectivity index (χ4v) is 2.53. The highest BCUT2D eigenvalue weighted by Crippen LogP contribution is 2.20. The Balaban J connectivity index is 1.69. The van der Waals surface area contributed by atoms with Gasteiger partial charge in [-0.1, -0.05) is 13.8 Å². The number of benzene rings is 2. The molecule has 0 unspecified atom stereocenters. The molecule has 1 heterocycles. The molecule has 7 nitrogen and oxygen atoms in total. The fraction of sp³-hybridized carbons (Fsp3) is 0.300. The molecule has 0 atom stereocenters. The van der Waals surface area contributed by atoms with Crippen LogP contribution in [0.4, 0.5) is 10.1 Å². The van der Waals surface area contributed by atoms with Gasteiger partial charge in [-0.25, -0.2) is 4.39 Å². The lowest BCUT2D eigenvalue weighted by Crippen LogP contribution is -2.13. The van der Waals surface area contributed by atoms with E-state index in [9.17, 15) is 9.18 Å². The molecule has 0 saturated carbocycles. The number of nitrogens with zero attached hydrogens (tertiary/aromatic N) is 4. The van der Waals surface area contributed by atoms with Crippen molar-refractivity contribution < 1.29 is 13.9 Å². The molecule has 28 heavy (non-hydrogen) atoms. The van der Waals surface area contributed by atoms with Gasteiger partial charge in [0.05, 0.1) is 6.61 Å². The number of tetrazole rings is 1. The highest BCUT2D eigenvalue weighted by molar-refractivity contribution is 6.04. The number of halogens is 1. The van der Waals surface area contributed by atoms with Crippen LogP contribution >= 0.6 is 0 Å². The zero-order valence-electron chi connectivity index (χ0n) is 16.0. The van der Waals surface area contributed by atoms with Gasteiger partial charge in [0.1, 0.15) is 17.3 Å². The van der Waals surface area contributed by atoms with Gasteiger partial charge in [-0.2, -0.15) is 4.68 Å². The molecule has 0 bridgehead atoms. The Morgan fingerprint density at radius 2 is 1.96 bits per heavy atom. The Hall–Kier alpha value is -3.29. The number of aryl methyl sites for hydroxylation is 1. The van der Waals surface area contributed by atoms with E-state index in [0.29, 0.717) is 29.6 Å². The van der Waals surface area contributed by atoms with E-state index < -0.39 is 5.82 Å². The number of amides is 1. The number of carbonyl (C=O) groups excluding carboxylic acids is 1. The molecule has 3 rings (SSSR count). The summed E-state index contributed by atoms with van der Waals surface area (Å²) in [6.45, 7) is 6.57. The summed E-state index contributed by atoms with van der Waals surface area (Å²) >= 11 is 0. The van der Waals surface area contributed by atoms with Crippen molar-refractivity contribution in [3.05, 3.63) is 59.7 Å². The average molecular weight is 383 g/mol. The Kier molecular flexibility index (Phi) is 5.98. The molecule has 2 aromatic carbocycles. The molecule has 0 aliphatic heterocycles. The SMILES string of the molecule is Cc1nnnn1-c1cc(NC(=O)c2ccc(OCCC(C)C)cc2)ccc1F. The smallest absolute Gasteiger partial charge is 0.255 e. The summed E-state index contributed by atoms with van der Waals surface area (Å²) in [6, 6.07) is 11.1. The van der Waals surface area contributed by atoms with E-state index in [1.807, 2.05) is 0 Å². The van der Waals surface area contributed by atoms with Crippen molar-refractivity contribution in [2.24, 2.45) is 5.92 Å². The molecule has 0 fully saturated rings. The second kappa shape index (κ2) is 8.60. The Labute approximate surface area is 162 Å². The third kappa shape index (κ3) is 4.70. The van der Waals surface area contributed by atoms with Gasteiger partial charge in [-0.15, -0.1) is 5.10 Å². The summed E-state index contributed by atoms with van der Waals surface area (Å²) in [5.41, 5.74) is 1.07. The molecule has 0 aliphatic carbocycles. The number of nitrogens with one attached hydrogen (secondary N) is 1. The van der Waals surface area contributed by atoms with Crippen LogP contribution < -0.4 is 10.1 Å². The van der Waals surface area contributed by atoms with Gasteiger partial charge < -0.3 is 10.1 Å². The number of aromatic nitrogens is 4. The normalized spacial score (nSPS) is 10.9. The van der Waals surface area contributed by atoms with Gasteiger partial charge >= 0.3 is 0 Å². The number of ether oxygens (including phenoxy) is 1. The Morgan fingerprint density at radius 3 is 2.61 bits per heavy atom. The minimum Gasteiger partial charge on any atom is -0.494 e. The van der Waals surface area contributed by atoms with Crippen LogP contribution in [0.1, 0.15) is 36.5 Å². The third-order valence-electron chi connectivity index (χ3n) is 4.14. The van der Waals surface area contributed by atoms with Crippen LogP contribution in [0.5, 0.6) is 5.75 Å². The summed E-state index contributed by atoms with van der Waals surface area (Å²) in [5.74, 6) is 0.935. The third-order valence-corrected chi connectivity index (χ3v) is 4.14. The van der Waals surface area contributed by atoms with E-state index in [-0.39, 0.29) is 11.6 Å². The Morgan fingerprint density at radius 1 is 1.21 bits per heavy atom. The maximum Gasteiger partial charge on any atom is 0.255 e. The molecule has 0 spiro atoms. The van der Waals surface area contributed by atoms with Crippen molar-refractivity contribution in [1.29, 1.82) is 0 Å². The maximum absolute atomic E-state index is 14.1. The molecular weight excluding hydrogens is 361 g/mol. The van der Waals surface area contributed by atoms with E-state index in [0.717, 1.165) is 12.2 Å². The minimum atomic E-state index is -0.490. The summed E-state index contributed by atoms with van der Waals surface area (Å²) in [4.78, 5) is 12.5. The fourth-order valence-electron chi connectivity index (χ4n) is 2.53. The van der Waals surface area contributed by atoms with Crippen LogP contribution in [0.25, 0.3) is 5.69 Å². The van der Waals surface area contributed by atoms with Crippen molar-refractivity contribution in [2.45, 2.75) is 27.2 Å². The summed E-state index contributed by atoms with van der Waals surface area (Å²) in [5, 5.41) is 13.8. The predicted octanol–water partition coefficient (Wildman–Crippen LogP) is 3.79. The zero-order chi connectivity index (χ0) is 20.1. The topological polar surface area (TPSA) is 81.9 Å². The first-order valence-electron chi connectivity index (χ1n) is 9.03. The predicted molar refractivity (Wildman–Crippen MR) is 103 cm³/mol. The minimum absolute atomic E-state index is 0.161. The van der Waals surface area contributed by atoms with Gasteiger partial charge in [0.15, 0.2) is 5.82 Å². The van der Waals surface area contributed by atoms with Crippen LogP contribution in [0, 0.1) is 18.7 Å². The second-order valence-electron chi connectivity index (χ2n) is 6.81. The van der Waals surface area contributed by atoms with Crippen molar-refractivity contribution in [3.8, 4) is 11.4 Å². The maximum atomic E-state index is 14.1. The monoisotopic (exact) mass is 383 g/mol. The van der Waals surface area contributed by atoms with Gasteiger partial charge in [-0.05, 0) is 72.2 Å². The van der Waals surface area contributed by atoms with Gasteiger partial charge in [0, 0.05) is 11.3 Å². The van der Waals surface area contributed by atoms with Crippen LogP contribution in [0.2, 0.25) is 0 Å². The largest absolute Gasteiger partial charge is 0.494 e. The highest BCUT2D eigenvalue weighted by atomic mass is 19.1. The quantitative estimate of drug-likeness (QED) is 0.671. The summed E-state index contributed by atoms with van der Waals surface area (Å²) < 4.78 is 21.1. The van der Waals surface area contributed by atoms with Gasteiger partial charge in [0.25, 0.3) is 5.91 Å². The summed E-state index contributed by atoms with van der Waals surface area (Å²) in [7, 11) is 0. The van der Waals surface area contributed by atoms with E-state index in [2.05, 4.69) is 34.7 Å². The number of anilines is 1. The first-order valence-corrected chi connectivity index (χ1v) is 9.03. The van der Waals surface area contributed by atoms with Gasteiger partial charge in [-0.3, -0.25) is 4.79 Å². The first-order chi connectivity index (χ1) is 13.4. The van der Waals surface area contributed by atoms with Gasteiger partial charge in [0.2, 0.25) is 0 Å². The molecule has 1 N–H and O–H groups in total. The molecule has 3 aromatic rings. The standard InChI is InChI=1S/C20H22FN5O2/c1-13(2)10-11-28-17-7-4-15(5-8-17)20(27)22-16-6-9-18(21)19(12-16)26-14(3)23-24-25-26/h4-9,12-13H,10-11H2,1-3H3,(H,22,27). The molecule has 1 aromatic heterocycles. The van der Waals surface area contributed by atoms with Crippen LogP contribution in [-0.4, -0.2) is 32.7 Å². The number of hydrogen-bond acceptors (Lipinski definition) is 5. The van der Waals surface area contributed by atoms with E-state index in [1.165, 1.54) is 22.9 Å². The van der Waals surface area contributed by atoms with Crippen molar-refractivity contribution in [1.82, 2.24) is 20.2 Å². The number of hydrogen-bond donors (Lipinski definition) is 1. The van der Waals surface area contributed by atoms with Crippen LogP contribution in [-0.2, 0) is 0 Å². The average Bonchev–Trinajstić information content (AvgIpc) is 3.09. The molecule has 0 saturated heterocycles. The summed E-state index contributed by atoms with van der Waals surface area (Å²) in [6.07, 6.45) is 0.968. The second-order valence-corrected chi connectivity index (χ2v) is 6.81. The van der Waals surface area contributed by atoms with Crippen molar-refractivity contribution >= 4 is 11.6 Å². The van der Waals surface area contributed by atoms with E-state index in [1.54, 1.807) is 31.2 Å². The van der Waals surface area contributed by atoms with E-state index in [4.69, 9.17) is 4.74 Å². The lowest BCUT2D eigenvalue weighted by molar-refractivity contribution is 0.102. The molecular formula is C20H22FN5O2. The zero-order valence-corrected chi connectivity index (χ0v) is 16.0. The lowest BCUT2D eigenvalue weighted by Gasteiger charge is -2.10. The number of rotatable bonds is 7. The van der Waals surface area contributed by atoms with Crippen LogP contribution in [0.15, 0.2) is 42.5 Å². The molecule has 8 heteroatoms. The molecule has 0 aliphatic rings. The molecule has 1 amide bonds. The number of carbonyl (C=O) groups is 1. The molecule has 146 valence electrons. The lowest BCUT2D eigenvalue weighted by atomic mass is 10.1. The first kappa shape index (κ1) is 19.5. The van der Waals surface area contributed by atoms with Crippen molar-refractivity contribution in [2.75, 3.05) is 11.9 Å². The van der Waals surface area contributed by atoms with Crippen molar-refractivity contribution in [3.63, 3.8) is 0 Å². The van der Waals surface area contributed by atoms with E-state index >= 15 is 0 Å². The molecule has 0 radical (unpaired) electrons. The highest BCUT2D eigenvalue weighted by Gasteiger charge is 2.12.